The normalized spacial score (nSPS) is 12.4. The van der Waals surface area contributed by atoms with Gasteiger partial charge in [0, 0.05) is 5.56 Å². The van der Waals surface area contributed by atoms with Crippen LogP contribution in [0.1, 0.15) is 12.5 Å². The first-order chi connectivity index (χ1) is 8.37. The quantitative estimate of drug-likeness (QED) is 0.516. The minimum atomic E-state index is -4.41. The first-order valence-electron chi connectivity index (χ1n) is 4.94. The average Bonchev–Trinajstić information content (AvgIpc) is 2.34. The highest BCUT2D eigenvalue weighted by molar-refractivity contribution is 5.98. The molecular weight excluding hydrogens is 251 g/mol. The van der Waals surface area contributed by atoms with Crippen LogP contribution in [0, 0.1) is 0 Å². The minimum absolute atomic E-state index is 0.0238. The highest BCUT2D eigenvalue weighted by Crippen LogP contribution is 2.29. The lowest BCUT2D eigenvalue weighted by molar-refractivity contribution is -0.153. The van der Waals surface area contributed by atoms with E-state index in [1.807, 2.05) is 0 Å². The van der Waals surface area contributed by atoms with E-state index in [0.717, 1.165) is 0 Å². The van der Waals surface area contributed by atoms with E-state index >= 15 is 0 Å². The van der Waals surface area contributed by atoms with Crippen molar-refractivity contribution < 1.29 is 27.9 Å². The predicted molar refractivity (Wildman–Crippen MR) is 58.5 cm³/mol. The summed E-state index contributed by atoms with van der Waals surface area (Å²) in [5.41, 5.74) is 0.837. The molecule has 0 aliphatic rings. The molecule has 100 valence electrons. The van der Waals surface area contributed by atoms with Gasteiger partial charge in [0.05, 0.1) is 12.8 Å². The van der Waals surface area contributed by atoms with Crippen molar-refractivity contribution in [2.24, 2.45) is 5.16 Å². The van der Waals surface area contributed by atoms with Gasteiger partial charge < -0.3 is 14.7 Å². The summed E-state index contributed by atoms with van der Waals surface area (Å²) in [5.74, 6) is 0.115. The van der Waals surface area contributed by atoms with Crippen LogP contribution in [0.3, 0.4) is 0 Å². The number of nitrogens with zero attached hydrogens (tertiary/aromatic N) is 1. The number of benzene rings is 1. The summed E-state index contributed by atoms with van der Waals surface area (Å²) in [6.45, 7) is 0.154. The third-order valence-corrected chi connectivity index (χ3v) is 2.12. The number of methoxy groups -OCH3 is 1. The zero-order chi connectivity index (χ0) is 13.8. The van der Waals surface area contributed by atoms with Crippen molar-refractivity contribution in [3.63, 3.8) is 0 Å². The van der Waals surface area contributed by atoms with E-state index in [-0.39, 0.29) is 11.5 Å². The molecule has 0 aromatic heterocycles. The molecular formula is C11H12F3NO3. The van der Waals surface area contributed by atoms with Gasteiger partial charge >= 0.3 is 6.18 Å². The molecule has 1 aromatic carbocycles. The molecule has 0 amide bonds. The molecule has 0 heterocycles. The predicted octanol–water partition coefficient (Wildman–Crippen LogP) is 2.83. The van der Waals surface area contributed by atoms with E-state index < -0.39 is 12.8 Å². The fourth-order valence-electron chi connectivity index (χ4n) is 1.23. The molecule has 18 heavy (non-hydrogen) atoms. The van der Waals surface area contributed by atoms with E-state index in [9.17, 15) is 13.2 Å². The maximum Gasteiger partial charge on any atom is 0.422 e. The fourth-order valence-corrected chi connectivity index (χ4v) is 1.23. The SMILES string of the molecule is COc1cc(/C(C)=N/O)ccc1OCC(F)(F)F. The van der Waals surface area contributed by atoms with Crippen LogP contribution in [0.5, 0.6) is 11.5 Å². The van der Waals surface area contributed by atoms with E-state index in [4.69, 9.17) is 9.94 Å². The van der Waals surface area contributed by atoms with Crippen LogP contribution in [-0.2, 0) is 0 Å². The molecule has 7 heteroatoms. The van der Waals surface area contributed by atoms with Crippen LogP contribution in [0.2, 0.25) is 0 Å². The Kier molecular flexibility index (Phi) is 4.41. The van der Waals surface area contributed by atoms with E-state index in [0.29, 0.717) is 11.3 Å². The van der Waals surface area contributed by atoms with Gasteiger partial charge in [-0.15, -0.1) is 0 Å². The highest BCUT2D eigenvalue weighted by Gasteiger charge is 2.29. The van der Waals surface area contributed by atoms with Crippen LogP contribution in [-0.4, -0.2) is 30.8 Å². The second-order valence-corrected chi connectivity index (χ2v) is 3.45. The lowest BCUT2D eigenvalue weighted by Crippen LogP contribution is -2.19. The molecule has 0 bridgehead atoms. The second-order valence-electron chi connectivity index (χ2n) is 3.45. The molecule has 0 unspecified atom stereocenters. The second kappa shape index (κ2) is 5.61. The van der Waals surface area contributed by atoms with Crippen molar-refractivity contribution in [1.29, 1.82) is 0 Å². The lowest BCUT2D eigenvalue weighted by atomic mass is 10.1. The van der Waals surface area contributed by atoms with Crippen molar-refractivity contribution in [3.05, 3.63) is 23.8 Å². The van der Waals surface area contributed by atoms with Gasteiger partial charge in [-0.1, -0.05) is 5.16 Å². The summed E-state index contributed by atoms with van der Waals surface area (Å²) in [6, 6.07) is 4.23. The Morgan fingerprint density at radius 2 is 2.00 bits per heavy atom. The Balaban J connectivity index is 2.94. The van der Waals surface area contributed by atoms with Gasteiger partial charge in [-0.05, 0) is 25.1 Å². The molecule has 0 atom stereocenters. The van der Waals surface area contributed by atoms with E-state index in [1.165, 1.54) is 25.3 Å². The first-order valence-corrected chi connectivity index (χ1v) is 4.94. The maximum atomic E-state index is 12.0. The summed E-state index contributed by atoms with van der Waals surface area (Å²) < 4.78 is 45.6. The van der Waals surface area contributed by atoms with Gasteiger partial charge in [0.25, 0.3) is 0 Å². The molecule has 0 spiro atoms. The van der Waals surface area contributed by atoms with Crippen molar-refractivity contribution in [2.75, 3.05) is 13.7 Å². The molecule has 4 nitrogen and oxygen atoms in total. The summed E-state index contributed by atoms with van der Waals surface area (Å²) in [7, 11) is 1.31. The summed E-state index contributed by atoms with van der Waals surface area (Å²) >= 11 is 0. The smallest absolute Gasteiger partial charge is 0.422 e. The number of halogens is 3. The number of oxime groups is 1. The number of rotatable bonds is 4. The van der Waals surface area contributed by atoms with Crippen molar-refractivity contribution in [3.8, 4) is 11.5 Å². The van der Waals surface area contributed by atoms with Crippen molar-refractivity contribution in [1.82, 2.24) is 0 Å². The van der Waals surface area contributed by atoms with Crippen LogP contribution < -0.4 is 9.47 Å². The Hall–Kier alpha value is -1.92. The Bertz CT molecular complexity index is 444. The zero-order valence-corrected chi connectivity index (χ0v) is 9.78. The van der Waals surface area contributed by atoms with Gasteiger partial charge in [0.2, 0.25) is 0 Å². The van der Waals surface area contributed by atoms with Gasteiger partial charge in [0.1, 0.15) is 0 Å². The molecule has 0 aliphatic heterocycles. The highest BCUT2D eigenvalue weighted by atomic mass is 19.4. The van der Waals surface area contributed by atoms with Crippen LogP contribution in [0.15, 0.2) is 23.4 Å². The standard InChI is InChI=1S/C11H12F3NO3/c1-7(15-16)8-3-4-9(10(5-8)17-2)18-6-11(12,13)14/h3-5,16H,6H2,1-2H3/b15-7+. The maximum absolute atomic E-state index is 12.0. The topological polar surface area (TPSA) is 51.0 Å². The Morgan fingerprint density at radius 1 is 1.33 bits per heavy atom. The van der Waals surface area contributed by atoms with E-state index in [2.05, 4.69) is 9.89 Å². The Labute approximate surface area is 102 Å². The van der Waals surface area contributed by atoms with Crippen LogP contribution in [0.25, 0.3) is 0 Å². The minimum Gasteiger partial charge on any atom is -0.493 e. The molecule has 0 radical (unpaired) electrons. The molecule has 0 aliphatic carbocycles. The molecule has 0 saturated carbocycles. The van der Waals surface area contributed by atoms with Crippen molar-refractivity contribution >= 4 is 5.71 Å². The molecule has 1 N–H and O–H groups in total. The summed E-state index contributed by atoms with van der Waals surface area (Å²) in [5, 5.41) is 11.6. The van der Waals surface area contributed by atoms with E-state index in [1.54, 1.807) is 6.92 Å². The van der Waals surface area contributed by atoms with Gasteiger partial charge in [-0.25, -0.2) is 0 Å². The van der Waals surface area contributed by atoms with Gasteiger partial charge in [-0.3, -0.25) is 0 Å². The van der Waals surface area contributed by atoms with Gasteiger partial charge in [0.15, 0.2) is 18.1 Å². The number of hydrogen-bond acceptors (Lipinski definition) is 4. The fraction of sp³-hybridized carbons (Fsp3) is 0.364. The first kappa shape index (κ1) is 14.1. The number of alkyl halides is 3. The molecule has 0 saturated heterocycles. The lowest BCUT2D eigenvalue weighted by Gasteiger charge is -2.13. The number of hydrogen-bond donors (Lipinski definition) is 1. The van der Waals surface area contributed by atoms with Crippen molar-refractivity contribution in [2.45, 2.75) is 13.1 Å². The van der Waals surface area contributed by atoms with Gasteiger partial charge in [-0.2, -0.15) is 13.2 Å². The molecule has 1 aromatic rings. The monoisotopic (exact) mass is 263 g/mol. The number of ether oxygens (including phenoxy) is 2. The third-order valence-electron chi connectivity index (χ3n) is 2.12. The van der Waals surface area contributed by atoms with Crippen LogP contribution in [0.4, 0.5) is 13.2 Å². The molecule has 0 fully saturated rings. The zero-order valence-electron chi connectivity index (χ0n) is 9.78. The third kappa shape index (κ3) is 3.83. The average molecular weight is 263 g/mol. The summed E-state index contributed by atoms with van der Waals surface area (Å²) in [6.07, 6.45) is -4.41. The largest absolute Gasteiger partial charge is 0.493 e. The summed E-state index contributed by atoms with van der Waals surface area (Å²) in [4.78, 5) is 0. The molecule has 1 rings (SSSR count). The van der Waals surface area contributed by atoms with Crippen LogP contribution >= 0.6 is 0 Å². The Morgan fingerprint density at radius 3 is 2.50 bits per heavy atom.